The summed E-state index contributed by atoms with van der Waals surface area (Å²) in [5.41, 5.74) is -0.705. The van der Waals surface area contributed by atoms with Crippen molar-refractivity contribution >= 4 is 5.91 Å². The lowest BCUT2D eigenvalue weighted by Crippen LogP contribution is -2.44. The molecule has 0 radical (unpaired) electrons. The summed E-state index contributed by atoms with van der Waals surface area (Å²) in [6.07, 6.45) is 5.66. The van der Waals surface area contributed by atoms with Gasteiger partial charge in [0.05, 0.1) is 6.07 Å². The molecule has 0 aromatic heterocycles. The molecule has 0 aliphatic heterocycles. The highest BCUT2D eigenvalue weighted by Crippen LogP contribution is 2.37. The monoisotopic (exact) mass is 222 g/mol. The topological polar surface area (TPSA) is 44.1 Å². The molecule has 1 aliphatic carbocycles. The largest absolute Gasteiger partial charge is 0.342 e. The summed E-state index contributed by atoms with van der Waals surface area (Å²) in [4.78, 5) is 14.2. The number of hydrogen-bond donors (Lipinski definition) is 0. The van der Waals surface area contributed by atoms with Crippen molar-refractivity contribution in [3.63, 3.8) is 0 Å². The van der Waals surface area contributed by atoms with E-state index < -0.39 is 5.41 Å². The second kappa shape index (κ2) is 5.89. The fourth-order valence-corrected chi connectivity index (χ4v) is 2.50. The molecule has 0 bridgehead atoms. The average Bonchev–Trinajstić information content (AvgIpc) is 2.36. The van der Waals surface area contributed by atoms with Crippen molar-refractivity contribution in [1.29, 1.82) is 5.26 Å². The molecule has 1 saturated carbocycles. The minimum Gasteiger partial charge on any atom is -0.342 e. The van der Waals surface area contributed by atoms with Crippen molar-refractivity contribution in [3.8, 4) is 6.07 Å². The van der Waals surface area contributed by atoms with Crippen LogP contribution >= 0.6 is 0 Å². The van der Waals surface area contributed by atoms with Crippen LogP contribution in [-0.4, -0.2) is 23.9 Å². The second-order valence-corrected chi connectivity index (χ2v) is 4.64. The van der Waals surface area contributed by atoms with Crippen LogP contribution in [0.25, 0.3) is 0 Å². The molecule has 16 heavy (non-hydrogen) atoms. The molecule has 0 aromatic carbocycles. The Morgan fingerprint density at radius 2 is 1.94 bits per heavy atom. The maximum Gasteiger partial charge on any atom is 0.243 e. The fourth-order valence-electron chi connectivity index (χ4n) is 2.50. The third-order valence-corrected chi connectivity index (χ3v) is 3.49. The summed E-state index contributed by atoms with van der Waals surface area (Å²) in [6.45, 7) is 5.55. The molecule has 3 nitrogen and oxygen atoms in total. The summed E-state index contributed by atoms with van der Waals surface area (Å²) in [6, 6.07) is 2.30. The van der Waals surface area contributed by atoms with Gasteiger partial charge in [-0.2, -0.15) is 5.26 Å². The lowest BCUT2D eigenvalue weighted by molar-refractivity contribution is -0.140. The highest BCUT2D eigenvalue weighted by molar-refractivity contribution is 5.85. The summed E-state index contributed by atoms with van der Waals surface area (Å²) in [5.74, 6) is 0.0686. The first-order valence-corrected chi connectivity index (χ1v) is 6.41. The smallest absolute Gasteiger partial charge is 0.243 e. The van der Waals surface area contributed by atoms with Crippen LogP contribution in [0.5, 0.6) is 0 Å². The molecule has 1 fully saturated rings. The van der Waals surface area contributed by atoms with Gasteiger partial charge in [-0.05, 0) is 26.2 Å². The number of rotatable bonds is 4. The fraction of sp³-hybridized carbons (Fsp3) is 0.846. The van der Waals surface area contributed by atoms with Crippen LogP contribution in [-0.2, 0) is 4.79 Å². The standard InChI is InChI=1S/C13H22N2O/c1-3-10-15(4-2)12(16)13(11-14)8-6-5-7-9-13/h3-10H2,1-2H3. The highest BCUT2D eigenvalue weighted by Gasteiger charge is 2.41. The van der Waals surface area contributed by atoms with Crippen molar-refractivity contribution in [2.24, 2.45) is 5.41 Å². The van der Waals surface area contributed by atoms with Gasteiger partial charge in [-0.15, -0.1) is 0 Å². The predicted molar refractivity (Wildman–Crippen MR) is 63.7 cm³/mol. The lowest BCUT2D eigenvalue weighted by Gasteiger charge is -2.34. The van der Waals surface area contributed by atoms with Gasteiger partial charge in [-0.25, -0.2) is 0 Å². The normalized spacial score (nSPS) is 18.8. The van der Waals surface area contributed by atoms with Crippen LogP contribution in [0.3, 0.4) is 0 Å². The van der Waals surface area contributed by atoms with E-state index >= 15 is 0 Å². The Kier molecular flexibility index (Phi) is 4.79. The van der Waals surface area contributed by atoms with Crippen LogP contribution in [0.4, 0.5) is 0 Å². The van der Waals surface area contributed by atoms with Gasteiger partial charge in [0.1, 0.15) is 5.41 Å². The van der Waals surface area contributed by atoms with E-state index in [0.29, 0.717) is 0 Å². The minimum atomic E-state index is -0.705. The van der Waals surface area contributed by atoms with Gasteiger partial charge in [0.25, 0.3) is 0 Å². The number of amides is 1. The van der Waals surface area contributed by atoms with Crippen molar-refractivity contribution in [2.45, 2.75) is 52.4 Å². The molecular formula is C13H22N2O. The van der Waals surface area contributed by atoms with Crippen molar-refractivity contribution < 1.29 is 4.79 Å². The number of hydrogen-bond acceptors (Lipinski definition) is 2. The zero-order chi connectivity index (χ0) is 12.0. The minimum absolute atomic E-state index is 0.0686. The molecule has 3 heteroatoms. The number of nitrogens with zero attached hydrogens (tertiary/aromatic N) is 2. The molecule has 1 amide bonds. The van der Waals surface area contributed by atoms with Crippen LogP contribution in [0.15, 0.2) is 0 Å². The average molecular weight is 222 g/mol. The highest BCUT2D eigenvalue weighted by atomic mass is 16.2. The van der Waals surface area contributed by atoms with Crippen LogP contribution in [0.1, 0.15) is 52.4 Å². The van der Waals surface area contributed by atoms with Crippen molar-refractivity contribution in [1.82, 2.24) is 4.90 Å². The molecule has 0 atom stereocenters. The Morgan fingerprint density at radius 3 is 2.38 bits per heavy atom. The van der Waals surface area contributed by atoms with Gasteiger partial charge >= 0.3 is 0 Å². The van der Waals surface area contributed by atoms with E-state index in [1.165, 1.54) is 0 Å². The van der Waals surface area contributed by atoms with Gasteiger partial charge < -0.3 is 4.90 Å². The van der Waals surface area contributed by atoms with Gasteiger partial charge in [0, 0.05) is 13.1 Å². The molecule has 0 saturated heterocycles. The number of carbonyl (C=O) groups excluding carboxylic acids is 1. The van der Waals surface area contributed by atoms with E-state index in [9.17, 15) is 10.1 Å². The van der Waals surface area contributed by atoms with Gasteiger partial charge in [-0.3, -0.25) is 4.79 Å². The molecule has 0 N–H and O–H groups in total. The lowest BCUT2D eigenvalue weighted by atomic mass is 9.74. The Balaban J connectivity index is 2.78. The number of carbonyl (C=O) groups is 1. The van der Waals surface area contributed by atoms with Crippen LogP contribution in [0, 0.1) is 16.7 Å². The summed E-state index contributed by atoms with van der Waals surface area (Å²) in [5, 5.41) is 9.33. The molecule has 0 aromatic rings. The van der Waals surface area contributed by atoms with Crippen molar-refractivity contribution in [2.75, 3.05) is 13.1 Å². The summed E-state index contributed by atoms with van der Waals surface area (Å²) < 4.78 is 0. The van der Waals surface area contributed by atoms with E-state index in [2.05, 4.69) is 13.0 Å². The SMILES string of the molecule is CCCN(CC)C(=O)C1(C#N)CCCCC1. The molecule has 1 aliphatic rings. The zero-order valence-corrected chi connectivity index (χ0v) is 10.5. The first-order chi connectivity index (χ1) is 7.70. The van der Waals surface area contributed by atoms with Gasteiger partial charge in [0.2, 0.25) is 5.91 Å². The van der Waals surface area contributed by atoms with E-state index in [0.717, 1.165) is 51.6 Å². The summed E-state index contributed by atoms with van der Waals surface area (Å²) >= 11 is 0. The first-order valence-electron chi connectivity index (χ1n) is 6.41. The predicted octanol–water partition coefficient (Wildman–Crippen LogP) is 2.72. The Labute approximate surface area is 98.4 Å². The maximum absolute atomic E-state index is 12.4. The Morgan fingerprint density at radius 1 is 1.31 bits per heavy atom. The second-order valence-electron chi connectivity index (χ2n) is 4.64. The van der Waals surface area contributed by atoms with E-state index in [1.807, 2.05) is 11.8 Å². The van der Waals surface area contributed by atoms with E-state index in [-0.39, 0.29) is 5.91 Å². The van der Waals surface area contributed by atoms with E-state index in [1.54, 1.807) is 0 Å². The third kappa shape index (κ3) is 2.55. The molecule has 0 unspecified atom stereocenters. The number of nitriles is 1. The Hall–Kier alpha value is -1.04. The maximum atomic E-state index is 12.4. The molecule has 1 rings (SSSR count). The molecule has 0 heterocycles. The van der Waals surface area contributed by atoms with Crippen LogP contribution < -0.4 is 0 Å². The van der Waals surface area contributed by atoms with Gasteiger partial charge in [0.15, 0.2) is 0 Å². The quantitative estimate of drug-likeness (QED) is 0.734. The summed E-state index contributed by atoms with van der Waals surface area (Å²) in [7, 11) is 0. The van der Waals surface area contributed by atoms with E-state index in [4.69, 9.17) is 0 Å². The Bertz CT molecular complexity index is 274. The molecule has 0 spiro atoms. The zero-order valence-electron chi connectivity index (χ0n) is 10.5. The molecular weight excluding hydrogens is 200 g/mol. The van der Waals surface area contributed by atoms with Gasteiger partial charge in [-0.1, -0.05) is 26.2 Å². The van der Waals surface area contributed by atoms with Crippen molar-refractivity contribution in [3.05, 3.63) is 0 Å². The van der Waals surface area contributed by atoms with Crippen LogP contribution in [0.2, 0.25) is 0 Å². The third-order valence-electron chi connectivity index (χ3n) is 3.49. The molecule has 90 valence electrons. The first kappa shape index (κ1) is 13.0.